The summed E-state index contributed by atoms with van der Waals surface area (Å²) in [5.41, 5.74) is 1.85. The van der Waals surface area contributed by atoms with Gasteiger partial charge < -0.3 is 9.67 Å². The fourth-order valence-electron chi connectivity index (χ4n) is 2.27. The van der Waals surface area contributed by atoms with E-state index in [0.717, 1.165) is 42.7 Å². The monoisotopic (exact) mass is 246 g/mol. The van der Waals surface area contributed by atoms with Gasteiger partial charge in [0.1, 0.15) is 5.82 Å². The zero-order chi connectivity index (χ0) is 13.1. The zero-order valence-corrected chi connectivity index (χ0v) is 10.8. The highest BCUT2D eigenvalue weighted by atomic mass is 16.4. The predicted octanol–water partition coefficient (Wildman–Crippen LogP) is 3.23. The largest absolute Gasteiger partial charge is 0.478 e. The van der Waals surface area contributed by atoms with Crippen LogP contribution in [0.2, 0.25) is 0 Å². The van der Waals surface area contributed by atoms with E-state index in [-0.39, 0.29) is 0 Å². The van der Waals surface area contributed by atoms with Crippen molar-refractivity contribution >= 4 is 17.0 Å². The molecule has 4 nitrogen and oxygen atoms in total. The van der Waals surface area contributed by atoms with Crippen molar-refractivity contribution in [2.45, 2.75) is 39.7 Å². The molecule has 2 rings (SSSR count). The number of unbranched alkanes of at least 4 members (excludes halogenated alkanes) is 2. The van der Waals surface area contributed by atoms with Gasteiger partial charge >= 0.3 is 5.97 Å². The molecular weight excluding hydrogens is 228 g/mol. The summed E-state index contributed by atoms with van der Waals surface area (Å²) in [6.45, 7) is 4.92. The minimum Gasteiger partial charge on any atom is -0.478 e. The summed E-state index contributed by atoms with van der Waals surface area (Å²) in [7, 11) is 0. The van der Waals surface area contributed by atoms with Crippen molar-refractivity contribution in [3.63, 3.8) is 0 Å². The standard InChI is InChI=1S/C14H18N2O2/c1-3-4-5-9-16-10(2)15-12-8-6-7-11(13(12)16)14(17)18/h6-8H,3-5,9H2,1-2H3,(H,17,18). The van der Waals surface area contributed by atoms with Crippen LogP contribution in [0.15, 0.2) is 18.2 Å². The van der Waals surface area contributed by atoms with E-state index < -0.39 is 5.97 Å². The van der Waals surface area contributed by atoms with E-state index in [2.05, 4.69) is 11.9 Å². The van der Waals surface area contributed by atoms with E-state index in [1.807, 2.05) is 17.6 Å². The molecule has 0 radical (unpaired) electrons. The van der Waals surface area contributed by atoms with E-state index in [1.165, 1.54) is 0 Å². The molecular formula is C14H18N2O2. The number of imidazole rings is 1. The smallest absolute Gasteiger partial charge is 0.337 e. The molecule has 4 heteroatoms. The van der Waals surface area contributed by atoms with Crippen molar-refractivity contribution in [3.8, 4) is 0 Å². The number of carbonyl (C=O) groups is 1. The van der Waals surface area contributed by atoms with Crippen molar-refractivity contribution in [2.24, 2.45) is 0 Å². The van der Waals surface area contributed by atoms with E-state index in [1.54, 1.807) is 12.1 Å². The lowest BCUT2D eigenvalue weighted by Crippen LogP contribution is -2.05. The third kappa shape index (κ3) is 2.23. The number of hydrogen-bond acceptors (Lipinski definition) is 2. The van der Waals surface area contributed by atoms with Crippen LogP contribution >= 0.6 is 0 Å². The summed E-state index contributed by atoms with van der Waals surface area (Å²) in [5, 5.41) is 9.25. The maximum Gasteiger partial charge on any atom is 0.337 e. The number of nitrogens with zero attached hydrogens (tertiary/aromatic N) is 2. The van der Waals surface area contributed by atoms with Crippen molar-refractivity contribution in [3.05, 3.63) is 29.6 Å². The van der Waals surface area contributed by atoms with E-state index in [0.29, 0.717) is 5.56 Å². The third-order valence-corrected chi connectivity index (χ3v) is 3.17. The molecule has 1 N–H and O–H groups in total. The lowest BCUT2D eigenvalue weighted by atomic mass is 10.2. The molecule has 0 saturated heterocycles. The van der Waals surface area contributed by atoms with Gasteiger partial charge in [-0.05, 0) is 25.5 Å². The third-order valence-electron chi connectivity index (χ3n) is 3.17. The van der Waals surface area contributed by atoms with Crippen LogP contribution in [0, 0.1) is 6.92 Å². The highest BCUT2D eigenvalue weighted by Gasteiger charge is 2.15. The number of benzene rings is 1. The van der Waals surface area contributed by atoms with Crippen LogP contribution in [-0.2, 0) is 6.54 Å². The molecule has 0 aliphatic heterocycles. The van der Waals surface area contributed by atoms with Crippen LogP contribution in [0.5, 0.6) is 0 Å². The zero-order valence-electron chi connectivity index (χ0n) is 10.8. The molecule has 0 aliphatic carbocycles. The molecule has 1 aromatic carbocycles. The number of carboxylic acids is 1. The molecule has 18 heavy (non-hydrogen) atoms. The number of hydrogen-bond donors (Lipinski definition) is 1. The Kier molecular flexibility index (Phi) is 3.65. The number of aryl methyl sites for hydroxylation is 2. The minimum atomic E-state index is -0.891. The van der Waals surface area contributed by atoms with Gasteiger partial charge in [-0.1, -0.05) is 25.8 Å². The fraction of sp³-hybridized carbons (Fsp3) is 0.429. The Bertz CT molecular complexity index is 572. The maximum absolute atomic E-state index is 11.3. The van der Waals surface area contributed by atoms with Crippen molar-refractivity contribution < 1.29 is 9.90 Å². The molecule has 1 heterocycles. The second-order valence-corrected chi connectivity index (χ2v) is 4.50. The molecule has 96 valence electrons. The Morgan fingerprint density at radius 2 is 2.17 bits per heavy atom. The molecule has 0 amide bonds. The van der Waals surface area contributed by atoms with Crippen LogP contribution in [0.25, 0.3) is 11.0 Å². The van der Waals surface area contributed by atoms with Crippen LogP contribution in [0.3, 0.4) is 0 Å². The van der Waals surface area contributed by atoms with Gasteiger partial charge in [0.2, 0.25) is 0 Å². The molecule has 0 saturated carbocycles. The summed E-state index contributed by atoms with van der Waals surface area (Å²) in [4.78, 5) is 15.7. The number of rotatable bonds is 5. The Morgan fingerprint density at radius 3 is 2.83 bits per heavy atom. The normalized spacial score (nSPS) is 11.0. The summed E-state index contributed by atoms with van der Waals surface area (Å²) in [6, 6.07) is 5.25. The second kappa shape index (κ2) is 5.21. The van der Waals surface area contributed by atoms with Crippen molar-refractivity contribution in [1.29, 1.82) is 0 Å². The lowest BCUT2D eigenvalue weighted by molar-refractivity contribution is 0.0698. The van der Waals surface area contributed by atoms with Gasteiger partial charge in [-0.2, -0.15) is 0 Å². The first-order valence-corrected chi connectivity index (χ1v) is 6.34. The van der Waals surface area contributed by atoms with Gasteiger partial charge in [0.25, 0.3) is 0 Å². The summed E-state index contributed by atoms with van der Waals surface area (Å²) in [6.07, 6.45) is 3.35. The molecule has 0 fully saturated rings. The van der Waals surface area contributed by atoms with E-state index >= 15 is 0 Å². The van der Waals surface area contributed by atoms with Crippen LogP contribution in [0.4, 0.5) is 0 Å². The number of aromatic nitrogens is 2. The Morgan fingerprint density at radius 1 is 1.39 bits per heavy atom. The Labute approximate surface area is 106 Å². The highest BCUT2D eigenvalue weighted by Crippen LogP contribution is 2.21. The summed E-state index contributed by atoms with van der Waals surface area (Å²) in [5.74, 6) is -0.00737. The van der Waals surface area contributed by atoms with Gasteiger partial charge in [0.15, 0.2) is 0 Å². The average Bonchev–Trinajstić information content (AvgIpc) is 2.65. The van der Waals surface area contributed by atoms with Crippen LogP contribution < -0.4 is 0 Å². The lowest BCUT2D eigenvalue weighted by Gasteiger charge is -2.07. The SMILES string of the molecule is CCCCCn1c(C)nc2cccc(C(=O)O)c21. The molecule has 0 atom stereocenters. The van der Waals surface area contributed by atoms with Gasteiger partial charge in [-0.15, -0.1) is 0 Å². The second-order valence-electron chi connectivity index (χ2n) is 4.50. The average molecular weight is 246 g/mol. The maximum atomic E-state index is 11.3. The van der Waals surface area contributed by atoms with E-state index in [9.17, 15) is 9.90 Å². The first-order chi connectivity index (χ1) is 8.65. The van der Waals surface area contributed by atoms with Gasteiger partial charge in [0, 0.05) is 6.54 Å². The first kappa shape index (κ1) is 12.6. The Hall–Kier alpha value is -1.84. The molecule has 0 spiro atoms. The summed E-state index contributed by atoms with van der Waals surface area (Å²) >= 11 is 0. The van der Waals surface area contributed by atoms with Crippen molar-refractivity contribution in [1.82, 2.24) is 9.55 Å². The van der Waals surface area contributed by atoms with Crippen LogP contribution in [-0.4, -0.2) is 20.6 Å². The number of aromatic carboxylic acids is 1. The van der Waals surface area contributed by atoms with E-state index in [4.69, 9.17) is 0 Å². The highest BCUT2D eigenvalue weighted by molar-refractivity contribution is 6.01. The molecule has 1 aromatic heterocycles. The first-order valence-electron chi connectivity index (χ1n) is 6.34. The number of carboxylic acid groups (broad SMARTS) is 1. The number of para-hydroxylation sites is 1. The van der Waals surface area contributed by atoms with Crippen molar-refractivity contribution in [2.75, 3.05) is 0 Å². The Balaban J connectivity index is 2.49. The number of fused-ring (bicyclic) bond motifs is 1. The minimum absolute atomic E-state index is 0.338. The molecule has 2 aromatic rings. The van der Waals surface area contributed by atoms with Gasteiger partial charge in [-0.25, -0.2) is 9.78 Å². The topological polar surface area (TPSA) is 55.1 Å². The predicted molar refractivity (Wildman–Crippen MR) is 71.0 cm³/mol. The van der Waals surface area contributed by atoms with Gasteiger partial charge in [0.05, 0.1) is 16.6 Å². The summed E-state index contributed by atoms with van der Waals surface area (Å²) < 4.78 is 2.02. The quantitative estimate of drug-likeness (QED) is 0.824. The van der Waals surface area contributed by atoms with Gasteiger partial charge in [-0.3, -0.25) is 0 Å². The molecule has 0 unspecified atom stereocenters. The fourth-order valence-corrected chi connectivity index (χ4v) is 2.27. The molecule has 0 bridgehead atoms. The van der Waals surface area contributed by atoms with Crippen LogP contribution in [0.1, 0.15) is 42.4 Å². The molecule has 0 aliphatic rings.